The van der Waals surface area contributed by atoms with E-state index in [0.29, 0.717) is 37.2 Å². The van der Waals surface area contributed by atoms with Crippen LogP contribution in [0.2, 0.25) is 0 Å². The van der Waals surface area contributed by atoms with Crippen LogP contribution in [-0.2, 0) is 9.59 Å². The second kappa shape index (κ2) is 7.04. The molecule has 0 atom stereocenters. The Morgan fingerprint density at radius 1 is 1.09 bits per heavy atom. The number of nitrogens with two attached hydrogens (primary N) is 2. The Balaban J connectivity index is 1.81. The van der Waals surface area contributed by atoms with E-state index in [4.69, 9.17) is 11.5 Å². The average Bonchev–Trinajstić information content (AvgIpc) is 2.48. The fourth-order valence-corrected chi connectivity index (χ4v) is 2.50. The normalized spacial score (nSPS) is 16.2. The molecular formula is C15H20N4O3. The van der Waals surface area contributed by atoms with Gasteiger partial charge in [0, 0.05) is 17.2 Å². The van der Waals surface area contributed by atoms with Crippen LogP contribution in [-0.4, -0.2) is 42.3 Å². The summed E-state index contributed by atoms with van der Waals surface area (Å²) in [6.07, 6.45) is 1.38. The van der Waals surface area contributed by atoms with E-state index in [0.717, 1.165) is 0 Å². The molecule has 0 bridgehead atoms. The summed E-state index contributed by atoms with van der Waals surface area (Å²) >= 11 is 0. The van der Waals surface area contributed by atoms with Crippen molar-refractivity contribution in [1.82, 2.24) is 4.90 Å². The number of anilines is 1. The summed E-state index contributed by atoms with van der Waals surface area (Å²) < 4.78 is 0. The van der Waals surface area contributed by atoms with E-state index in [1.165, 1.54) is 0 Å². The number of nitrogens with one attached hydrogen (secondary N) is 1. The van der Waals surface area contributed by atoms with Crippen LogP contribution in [0.4, 0.5) is 5.69 Å². The number of primary amides is 2. The van der Waals surface area contributed by atoms with E-state index in [9.17, 15) is 14.4 Å². The number of rotatable bonds is 5. The minimum atomic E-state index is -0.504. The fraction of sp³-hybridized carbons (Fsp3) is 0.400. The average molecular weight is 304 g/mol. The Labute approximate surface area is 128 Å². The summed E-state index contributed by atoms with van der Waals surface area (Å²) in [6.45, 7) is 1.63. The Hall–Kier alpha value is -2.41. The molecule has 7 nitrogen and oxygen atoms in total. The zero-order valence-corrected chi connectivity index (χ0v) is 12.2. The van der Waals surface area contributed by atoms with E-state index in [1.54, 1.807) is 24.3 Å². The third-order valence-electron chi connectivity index (χ3n) is 3.81. The Kier molecular flexibility index (Phi) is 5.11. The van der Waals surface area contributed by atoms with E-state index < -0.39 is 5.91 Å². The standard InChI is InChI=1S/C15H20N4O3/c16-14(21)10-1-3-12(4-2-10)18-13(20)9-19-7-5-11(6-8-19)15(17)22/h1-4,11H,5-9H2,(H2,16,21)(H2,17,22)(H,18,20). The number of carbonyl (C=O) groups is 3. The molecular weight excluding hydrogens is 284 g/mol. The molecule has 1 aliphatic rings. The van der Waals surface area contributed by atoms with E-state index in [2.05, 4.69) is 5.32 Å². The molecule has 0 aliphatic carbocycles. The van der Waals surface area contributed by atoms with Crippen molar-refractivity contribution in [2.75, 3.05) is 25.0 Å². The predicted molar refractivity (Wildman–Crippen MR) is 81.9 cm³/mol. The first kappa shape index (κ1) is 16.0. The largest absolute Gasteiger partial charge is 0.369 e. The van der Waals surface area contributed by atoms with Gasteiger partial charge in [-0.15, -0.1) is 0 Å². The van der Waals surface area contributed by atoms with Gasteiger partial charge in [0.15, 0.2) is 0 Å². The van der Waals surface area contributed by atoms with Crippen molar-refractivity contribution in [2.24, 2.45) is 17.4 Å². The van der Waals surface area contributed by atoms with Crippen LogP contribution in [0.5, 0.6) is 0 Å². The molecule has 1 fully saturated rings. The van der Waals surface area contributed by atoms with Gasteiger partial charge in [0.05, 0.1) is 6.54 Å². The van der Waals surface area contributed by atoms with E-state index in [-0.39, 0.29) is 24.3 Å². The van der Waals surface area contributed by atoms with Crippen LogP contribution in [0.15, 0.2) is 24.3 Å². The number of hydrogen-bond donors (Lipinski definition) is 3. The minimum Gasteiger partial charge on any atom is -0.369 e. The molecule has 1 aliphatic heterocycles. The van der Waals surface area contributed by atoms with Crippen LogP contribution >= 0.6 is 0 Å². The summed E-state index contributed by atoms with van der Waals surface area (Å²) in [5, 5.41) is 2.76. The SMILES string of the molecule is NC(=O)c1ccc(NC(=O)CN2CCC(C(N)=O)CC2)cc1. The van der Waals surface area contributed by atoms with Crippen LogP contribution in [0.3, 0.4) is 0 Å². The number of benzene rings is 1. The van der Waals surface area contributed by atoms with Gasteiger partial charge in [-0.1, -0.05) is 0 Å². The first-order valence-electron chi connectivity index (χ1n) is 7.17. The third-order valence-corrected chi connectivity index (χ3v) is 3.81. The first-order valence-corrected chi connectivity index (χ1v) is 7.17. The predicted octanol–water partition coefficient (Wildman–Crippen LogP) is -0.0787. The number of hydrogen-bond acceptors (Lipinski definition) is 4. The summed E-state index contributed by atoms with van der Waals surface area (Å²) in [5.41, 5.74) is 11.4. The van der Waals surface area contributed by atoms with Crippen molar-refractivity contribution in [3.8, 4) is 0 Å². The topological polar surface area (TPSA) is 119 Å². The molecule has 118 valence electrons. The molecule has 0 radical (unpaired) electrons. The van der Waals surface area contributed by atoms with Crippen LogP contribution in [0.25, 0.3) is 0 Å². The maximum atomic E-state index is 12.0. The zero-order valence-electron chi connectivity index (χ0n) is 12.2. The van der Waals surface area contributed by atoms with Gasteiger partial charge in [0.2, 0.25) is 17.7 Å². The zero-order chi connectivity index (χ0) is 16.1. The van der Waals surface area contributed by atoms with Crippen molar-refractivity contribution >= 4 is 23.4 Å². The van der Waals surface area contributed by atoms with E-state index in [1.807, 2.05) is 4.90 Å². The summed E-state index contributed by atoms with van der Waals surface area (Å²) in [6, 6.07) is 6.40. The lowest BCUT2D eigenvalue weighted by molar-refractivity contribution is -0.123. The van der Waals surface area contributed by atoms with Gasteiger partial charge < -0.3 is 16.8 Å². The van der Waals surface area contributed by atoms with Crippen molar-refractivity contribution in [3.05, 3.63) is 29.8 Å². The van der Waals surface area contributed by atoms with Crippen molar-refractivity contribution < 1.29 is 14.4 Å². The van der Waals surface area contributed by atoms with Crippen LogP contribution in [0.1, 0.15) is 23.2 Å². The van der Waals surface area contributed by atoms with Crippen LogP contribution < -0.4 is 16.8 Å². The number of likely N-dealkylation sites (tertiary alicyclic amines) is 1. The quantitative estimate of drug-likeness (QED) is 0.705. The summed E-state index contributed by atoms with van der Waals surface area (Å²) in [5.74, 6) is -0.987. The molecule has 1 saturated heterocycles. The monoisotopic (exact) mass is 304 g/mol. The summed E-state index contributed by atoms with van der Waals surface area (Å²) in [7, 11) is 0. The lowest BCUT2D eigenvalue weighted by atomic mass is 9.96. The van der Waals surface area contributed by atoms with Crippen LogP contribution in [0, 0.1) is 5.92 Å². The highest BCUT2D eigenvalue weighted by molar-refractivity contribution is 5.95. The molecule has 1 aromatic carbocycles. The van der Waals surface area contributed by atoms with Gasteiger partial charge in [0.1, 0.15) is 0 Å². The maximum Gasteiger partial charge on any atom is 0.248 e. The molecule has 3 amide bonds. The second-order valence-electron chi connectivity index (χ2n) is 5.44. The van der Waals surface area contributed by atoms with Gasteiger partial charge in [-0.2, -0.15) is 0 Å². The molecule has 5 N–H and O–H groups in total. The molecule has 1 aromatic rings. The van der Waals surface area contributed by atoms with Gasteiger partial charge in [-0.3, -0.25) is 19.3 Å². The molecule has 0 aromatic heterocycles. The Morgan fingerprint density at radius 2 is 1.68 bits per heavy atom. The minimum absolute atomic E-state index is 0.0827. The van der Waals surface area contributed by atoms with Gasteiger partial charge in [-0.25, -0.2) is 0 Å². The van der Waals surface area contributed by atoms with Crippen molar-refractivity contribution in [3.63, 3.8) is 0 Å². The number of carbonyl (C=O) groups excluding carboxylic acids is 3. The van der Waals surface area contributed by atoms with Crippen molar-refractivity contribution in [2.45, 2.75) is 12.8 Å². The lowest BCUT2D eigenvalue weighted by Gasteiger charge is -2.29. The molecule has 1 heterocycles. The number of piperidine rings is 1. The highest BCUT2D eigenvalue weighted by Gasteiger charge is 2.24. The highest BCUT2D eigenvalue weighted by atomic mass is 16.2. The molecule has 0 saturated carbocycles. The molecule has 0 unspecified atom stereocenters. The second-order valence-corrected chi connectivity index (χ2v) is 5.44. The maximum absolute atomic E-state index is 12.0. The Morgan fingerprint density at radius 3 is 2.18 bits per heavy atom. The summed E-state index contributed by atoms with van der Waals surface area (Å²) in [4.78, 5) is 36.0. The molecule has 0 spiro atoms. The van der Waals surface area contributed by atoms with Gasteiger partial charge in [-0.05, 0) is 50.2 Å². The number of nitrogens with zero attached hydrogens (tertiary/aromatic N) is 1. The smallest absolute Gasteiger partial charge is 0.248 e. The molecule has 2 rings (SSSR count). The highest BCUT2D eigenvalue weighted by Crippen LogP contribution is 2.16. The Bertz CT molecular complexity index is 563. The fourth-order valence-electron chi connectivity index (χ4n) is 2.50. The lowest BCUT2D eigenvalue weighted by Crippen LogP contribution is -2.42. The molecule has 22 heavy (non-hydrogen) atoms. The van der Waals surface area contributed by atoms with Gasteiger partial charge >= 0.3 is 0 Å². The molecule has 7 heteroatoms. The number of amides is 3. The van der Waals surface area contributed by atoms with Crippen molar-refractivity contribution in [1.29, 1.82) is 0 Å². The first-order chi connectivity index (χ1) is 10.5. The third kappa shape index (κ3) is 4.29. The van der Waals surface area contributed by atoms with Gasteiger partial charge in [0.25, 0.3) is 0 Å². The van der Waals surface area contributed by atoms with E-state index >= 15 is 0 Å².